The third-order valence-electron chi connectivity index (χ3n) is 3.30. The normalized spacial score (nSPS) is 14.4. The molecule has 2 N–H and O–H groups in total. The first-order valence-electron chi connectivity index (χ1n) is 6.65. The molecule has 0 bridgehead atoms. The van der Waals surface area contributed by atoms with E-state index in [1.165, 1.54) is 18.4 Å². The SMILES string of the molecule is CCCC(C)C(CN)c1ccc(OCC)cc1. The van der Waals surface area contributed by atoms with Gasteiger partial charge in [0.15, 0.2) is 0 Å². The lowest BCUT2D eigenvalue weighted by molar-refractivity contribution is 0.340. The topological polar surface area (TPSA) is 35.2 Å². The van der Waals surface area contributed by atoms with E-state index in [2.05, 4.69) is 26.0 Å². The molecule has 0 fully saturated rings. The minimum absolute atomic E-state index is 0.464. The van der Waals surface area contributed by atoms with E-state index < -0.39 is 0 Å². The first-order valence-corrected chi connectivity index (χ1v) is 6.65. The van der Waals surface area contributed by atoms with Gasteiger partial charge in [-0.25, -0.2) is 0 Å². The van der Waals surface area contributed by atoms with Gasteiger partial charge in [-0.05, 0) is 43.0 Å². The van der Waals surface area contributed by atoms with Crippen LogP contribution in [-0.4, -0.2) is 13.2 Å². The number of hydrogen-bond acceptors (Lipinski definition) is 2. The van der Waals surface area contributed by atoms with E-state index in [4.69, 9.17) is 10.5 Å². The zero-order chi connectivity index (χ0) is 12.7. The van der Waals surface area contributed by atoms with Crippen LogP contribution in [0.4, 0.5) is 0 Å². The van der Waals surface area contributed by atoms with Gasteiger partial charge in [0.2, 0.25) is 0 Å². The first kappa shape index (κ1) is 14.0. The van der Waals surface area contributed by atoms with Gasteiger partial charge in [0, 0.05) is 0 Å². The van der Waals surface area contributed by atoms with Crippen LogP contribution in [0.25, 0.3) is 0 Å². The molecule has 0 aliphatic rings. The van der Waals surface area contributed by atoms with Gasteiger partial charge in [0.25, 0.3) is 0 Å². The second-order valence-corrected chi connectivity index (χ2v) is 4.61. The molecule has 2 nitrogen and oxygen atoms in total. The van der Waals surface area contributed by atoms with Crippen molar-refractivity contribution in [3.63, 3.8) is 0 Å². The van der Waals surface area contributed by atoms with Gasteiger partial charge >= 0.3 is 0 Å². The van der Waals surface area contributed by atoms with E-state index in [9.17, 15) is 0 Å². The van der Waals surface area contributed by atoms with Crippen LogP contribution in [0.15, 0.2) is 24.3 Å². The number of rotatable bonds is 7. The first-order chi connectivity index (χ1) is 8.22. The summed E-state index contributed by atoms with van der Waals surface area (Å²) in [5.41, 5.74) is 7.23. The predicted molar refractivity (Wildman–Crippen MR) is 73.5 cm³/mol. The standard InChI is InChI=1S/C15H25NO/c1-4-6-12(3)15(11-16)13-7-9-14(10-8-13)17-5-2/h7-10,12,15H,4-6,11,16H2,1-3H3. The Morgan fingerprint density at radius 2 is 1.82 bits per heavy atom. The lowest BCUT2D eigenvalue weighted by atomic mass is 9.84. The van der Waals surface area contributed by atoms with Crippen molar-refractivity contribution < 1.29 is 4.74 Å². The van der Waals surface area contributed by atoms with Crippen molar-refractivity contribution >= 4 is 0 Å². The van der Waals surface area contributed by atoms with Crippen molar-refractivity contribution in [2.45, 2.75) is 39.5 Å². The van der Waals surface area contributed by atoms with E-state index in [-0.39, 0.29) is 0 Å². The highest BCUT2D eigenvalue weighted by Crippen LogP contribution is 2.28. The zero-order valence-corrected chi connectivity index (χ0v) is 11.3. The molecule has 1 rings (SSSR count). The monoisotopic (exact) mass is 235 g/mol. The Hall–Kier alpha value is -1.02. The second kappa shape index (κ2) is 7.33. The fourth-order valence-corrected chi connectivity index (χ4v) is 2.33. The van der Waals surface area contributed by atoms with Crippen molar-refractivity contribution in [2.75, 3.05) is 13.2 Å². The van der Waals surface area contributed by atoms with Crippen LogP contribution in [0, 0.1) is 5.92 Å². The predicted octanol–water partition coefficient (Wildman–Crippen LogP) is 3.56. The quantitative estimate of drug-likeness (QED) is 0.784. The van der Waals surface area contributed by atoms with Crippen LogP contribution in [0.2, 0.25) is 0 Å². The highest BCUT2D eigenvalue weighted by Gasteiger charge is 2.16. The molecule has 17 heavy (non-hydrogen) atoms. The fraction of sp³-hybridized carbons (Fsp3) is 0.600. The van der Waals surface area contributed by atoms with Gasteiger partial charge in [-0.2, -0.15) is 0 Å². The number of nitrogens with two attached hydrogens (primary N) is 1. The third kappa shape index (κ3) is 4.04. The summed E-state index contributed by atoms with van der Waals surface area (Å²) in [6.45, 7) is 7.95. The van der Waals surface area contributed by atoms with Gasteiger partial charge in [0.1, 0.15) is 5.75 Å². The van der Waals surface area contributed by atoms with Crippen LogP contribution in [0.1, 0.15) is 45.1 Å². The maximum Gasteiger partial charge on any atom is 0.119 e. The Balaban J connectivity index is 2.74. The molecule has 2 heteroatoms. The van der Waals surface area contributed by atoms with Crippen LogP contribution < -0.4 is 10.5 Å². The largest absolute Gasteiger partial charge is 0.494 e. The molecule has 0 aliphatic heterocycles. The second-order valence-electron chi connectivity index (χ2n) is 4.61. The van der Waals surface area contributed by atoms with E-state index in [1.807, 2.05) is 19.1 Å². The summed E-state index contributed by atoms with van der Waals surface area (Å²) >= 11 is 0. The zero-order valence-electron chi connectivity index (χ0n) is 11.3. The third-order valence-corrected chi connectivity index (χ3v) is 3.30. The molecule has 0 saturated heterocycles. The van der Waals surface area contributed by atoms with Crippen molar-refractivity contribution in [3.8, 4) is 5.75 Å². The number of benzene rings is 1. The molecule has 0 radical (unpaired) electrons. The van der Waals surface area contributed by atoms with Gasteiger partial charge in [-0.3, -0.25) is 0 Å². The van der Waals surface area contributed by atoms with E-state index in [1.54, 1.807) is 0 Å². The van der Waals surface area contributed by atoms with Crippen molar-refractivity contribution in [3.05, 3.63) is 29.8 Å². The maximum absolute atomic E-state index is 5.90. The Labute approximate surface area is 105 Å². The molecule has 0 heterocycles. The van der Waals surface area contributed by atoms with Crippen LogP contribution >= 0.6 is 0 Å². The Kier molecular flexibility index (Phi) is 6.06. The molecular weight excluding hydrogens is 210 g/mol. The lowest BCUT2D eigenvalue weighted by Crippen LogP contribution is -2.19. The Bertz CT molecular complexity index is 307. The summed E-state index contributed by atoms with van der Waals surface area (Å²) in [6.07, 6.45) is 2.45. The Morgan fingerprint density at radius 1 is 1.18 bits per heavy atom. The summed E-state index contributed by atoms with van der Waals surface area (Å²) in [5, 5.41) is 0. The van der Waals surface area contributed by atoms with Gasteiger partial charge in [-0.15, -0.1) is 0 Å². The average molecular weight is 235 g/mol. The number of ether oxygens (including phenoxy) is 1. The highest BCUT2D eigenvalue weighted by atomic mass is 16.5. The summed E-state index contributed by atoms with van der Waals surface area (Å²) in [5.74, 6) is 2.05. The molecule has 96 valence electrons. The summed E-state index contributed by atoms with van der Waals surface area (Å²) in [4.78, 5) is 0. The summed E-state index contributed by atoms with van der Waals surface area (Å²) < 4.78 is 5.45. The smallest absolute Gasteiger partial charge is 0.119 e. The van der Waals surface area contributed by atoms with Crippen molar-refractivity contribution in [1.82, 2.24) is 0 Å². The average Bonchev–Trinajstić information content (AvgIpc) is 2.33. The minimum Gasteiger partial charge on any atom is -0.494 e. The molecule has 2 unspecified atom stereocenters. The van der Waals surface area contributed by atoms with E-state index in [0.717, 1.165) is 12.3 Å². The van der Waals surface area contributed by atoms with Gasteiger partial charge < -0.3 is 10.5 Å². The van der Waals surface area contributed by atoms with Gasteiger partial charge in [0.05, 0.1) is 6.61 Å². The number of hydrogen-bond donors (Lipinski definition) is 1. The summed E-state index contributed by atoms with van der Waals surface area (Å²) in [7, 11) is 0. The summed E-state index contributed by atoms with van der Waals surface area (Å²) in [6, 6.07) is 8.38. The molecule has 0 amide bonds. The fourth-order valence-electron chi connectivity index (χ4n) is 2.33. The van der Waals surface area contributed by atoms with Crippen molar-refractivity contribution in [2.24, 2.45) is 11.7 Å². The molecule has 0 saturated carbocycles. The van der Waals surface area contributed by atoms with Crippen molar-refractivity contribution in [1.29, 1.82) is 0 Å². The van der Waals surface area contributed by atoms with Gasteiger partial charge in [-0.1, -0.05) is 38.8 Å². The highest BCUT2D eigenvalue weighted by molar-refractivity contribution is 5.30. The molecule has 1 aromatic rings. The van der Waals surface area contributed by atoms with Crippen LogP contribution in [-0.2, 0) is 0 Å². The molecule has 0 aromatic heterocycles. The van der Waals surface area contributed by atoms with Crippen LogP contribution in [0.3, 0.4) is 0 Å². The lowest BCUT2D eigenvalue weighted by Gasteiger charge is -2.22. The van der Waals surface area contributed by atoms with E-state index in [0.29, 0.717) is 18.4 Å². The maximum atomic E-state index is 5.90. The minimum atomic E-state index is 0.464. The molecule has 2 atom stereocenters. The Morgan fingerprint density at radius 3 is 2.29 bits per heavy atom. The van der Waals surface area contributed by atoms with E-state index >= 15 is 0 Å². The molecule has 0 aliphatic carbocycles. The van der Waals surface area contributed by atoms with Crippen LogP contribution in [0.5, 0.6) is 5.75 Å². The molecule has 0 spiro atoms. The molecular formula is C15H25NO. The molecule has 1 aromatic carbocycles.